The number of anilines is 1. The zero-order chi connectivity index (χ0) is 24.2. The highest BCUT2D eigenvalue weighted by Crippen LogP contribution is 2.30. The molecule has 1 heterocycles. The van der Waals surface area contributed by atoms with Crippen LogP contribution in [0.4, 0.5) is 5.69 Å². The molecule has 1 amide bonds. The minimum absolute atomic E-state index is 0.0353. The number of carbonyl (C=O) groups is 1. The molecular weight excluding hydrogens is 448 g/mol. The van der Waals surface area contributed by atoms with Crippen LogP contribution < -0.4 is 20.3 Å². The summed E-state index contributed by atoms with van der Waals surface area (Å²) in [5, 5.41) is 2.67. The molecule has 0 aliphatic carbocycles. The van der Waals surface area contributed by atoms with Crippen LogP contribution in [-0.2, 0) is 14.8 Å². The summed E-state index contributed by atoms with van der Waals surface area (Å²) >= 11 is 0. The Kier molecular flexibility index (Phi) is 7.14. The number of nitrogens with zero attached hydrogens (tertiary/aromatic N) is 2. The van der Waals surface area contributed by atoms with Gasteiger partial charge in [-0.1, -0.05) is 12.1 Å². The maximum atomic E-state index is 12.9. The predicted molar refractivity (Wildman–Crippen MR) is 123 cm³/mol. The molecule has 0 saturated heterocycles. The highest BCUT2D eigenvalue weighted by molar-refractivity contribution is 7.89. The molecule has 0 unspecified atom stereocenters. The molecule has 0 bridgehead atoms. The third kappa shape index (κ3) is 5.57. The highest BCUT2D eigenvalue weighted by atomic mass is 32.2. The van der Waals surface area contributed by atoms with E-state index in [0.29, 0.717) is 28.5 Å². The van der Waals surface area contributed by atoms with Crippen molar-refractivity contribution in [2.24, 2.45) is 0 Å². The van der Waals surface area contributed by atoms with Gasteiger partial charge in [-0.25, -0.2) is 13.4 Å². The molecule has 0 aliphatic heterocycles. The fourth-order valence-electron chi connectivity index (χ4n) is 3.10. The van der Waals surface area contributed by atoms with Crippen LogP contribution in [0.1, 0.15) is 5.69 Å². The van der Waals surface area contributed by atoms with Gasteiger partial charge in [-0.2, -0.15) is 4.31 Å². The molecule has 174 valence electrons. The summed E-state index contributed by atoms with van der Waals surface area (Å²) in [5.41, 5.74) is 1.30. The van der Waals surface area contributed by atoms with Gasteiger partial charge in [0, 0.05) is 36.1 Å². The quantitative estimate of drug-likeness (QED) is 0.513. The van der Waals surface area contributed by atoms with E-state index < -0.39 is 22.5 Å². The van der Waals surface area contributed by atoms with Crippen molar-refractivity contribution in [2.45, 2.75) is 11.8 Å². The normalized spacial score (nSPS) is 11.3. The first-order valence-electron chi connectivity index (χ1n) is 9.80. The number of rotatable bonds is 8. The molecule has 11 heteroatoms. The first-order chi connectivity index (χ1) is 15.6. The summed E-state index contributed by atoms with van der Waals surface area (Å²) in [4.78, 5) is 31.2. The van der Waals surface area contributed by atoms with Crippen molar-refractivity contribution in [1.29, 1.82) is 0 Å². The van der Waals surface area contributed by atoms with E-state index in [1.54, 1.807) is 31.2 Å². The Hall–Kier alpha value is -3.70. The van der Waals surface area contributed by atoms with Gasteiger partial charge in [0.25, 0.3) is 5.56 Å². The van der Waals surface area contributed by atoms with Crippen molar-refractivity contribution in [3.63, 3.8) is 0 Å². The molecule has 0 aliphatic rings. The van der Waals surface area contributed by atoms with Gasteiger partial charge in [-0.15, -0.1) is 0 Å². The molecule has 3 aromatic rings. The number of aryl methyl sites for hydroxylation is 1. The highest BCUT2D eigenvalue weighted by Gasteiger charge is 2.24. The zero-order valence-electron chi connectivity index (χ0n) is 18.6. The second kappa shape index (κ2) is 9.84. The van der Waals surface area contributed by atoms with Crippen LogP contribution in [0.15, 0.2) is 58.2 Å². The lowest BCUT2D eigenvalue weighted by atomic mass is 10.2. The van der Waals surface area contributed by atoms with Gasteiger partial charge in [0.15, 0.2) is 11.5 Å². The maximum absolute atomic E-state index is 12.9. The summed E-state index contributed by atoms with van der Waals surface area (Å²) in [5.74, 6) is 0.478. The fourth-order valence-corrected chi connectivity index (χ4v) is 4.25. The van der Waals surface area contributed by atoms with Crippen molar-refractivity contribution in [3.05, 3.63) is 64.6 Å². The van der Waals surface area contributed by atoms with Gasteiger partial charge in [0.1, 0.15) is 5.82 Å². The minimum atomic E-state index is -3.96. The number of hydrogen-bond donors (Lipinski definition) is 2. The van der Waals surface area contributed by atoms with Crippen LogP contribution >= 0.6 is 0 Å². The lowest BCUT2D eigenvalue weighted by Crippen LogP contribution is -2.35. The molecule has 10 nitrogen and oxygen atoms in total. The van der Waals surface area contributed by atoms with Crippen molar-refractivity contribution in [2.75, 3.05) is 33.1 Å². The van der Waals surface area contributed by atoms with Crippen molar-refractivity contribution in [1.82, 2.24) is 14.3 Å². The number of aromatic amines is 1. The van der Waals surface area contributed by atoms with Crippen LogP contribution in [-0.4, -0.2) is 56.4 Å². The Morgan fingerprint density at radius 3 is 2.48 bits per heavy atom. The lowest BCUT2D eigenvalue weighted by Gasteiger charge is -2.18. The Labute approximate surface area is 191 Å². The van der Waals surface area contributed by atoms with E-state index in [4.69, 9.17) is 9.47 Å². The summed E-state index contributed by atoms with van der Waals surface area (Å²) < 4.78 is 37.0. The van der Waals surface area contributed by atoms with Gasteiger partial charge in [-0.05, 0) is 31.2 Å². The third-order valence-corrected chi connectivity index (χ3v) is 6.52. The predicted octanol–water partition coefficient (Wildman–Crippen LogP) is 2.02. The second-order valence-electron chi connectivity index (χ2n) is 7.14. The Morgan fingerprint density at radius 2 is 1.82 bits per heavy atom. The number of ether oxygens (including phenoxy) is 2. The van der Waals surface area contributed by atoms with E-state index in [9.17, 15) is 18.0 Å². The monoisotopic (exact) mass is 472 g/mol. The number of nitrogens with one attached hydrogen (secondary N) is 2. The number of hydrogen-bond acceptors (Lipinski definition) is 7. The molecule has 0 spiro atoms. The first-order valence-corrected chi connectivity index (χ1v) is 11.2. The molecule has 0 atom stereocenters. The van der Waals surface area contributed by atoms with E-state index in [-0.39, 0.29) is 16.2 Å². The topological polar surface area (TPSA) is 131 Å². The standard InChI is InChI=1S/C22H24N4O6S/c1-14-10-20(27)25-22(23-14)15-6-5-7-16(11-15)24-21(28)13-26(2)33(29,30)17-8-9-18(31-3)19(12-17)32-4/h5-12H,13H2,1-4H3,(H,24,28)(H,23,25,27). The van der Waals surface area contributed by atoms with Gasteiger partial charge in [-0.3, -0.25) is 9.59 Å². The molecule has 2 aromatic carbocycles. The molecule has 1 aromatic heterocycles. The van der Waals surface area contributed by atoms with Crippen molar-refractivity contribution >= 4 is 21.6 Å². The number of amides is 1. The number of H-pyrrole nitrogens is 1. The molecule has 2 N–H and O–H groups in total. The SMILES string of the molecule is COc1ccc(S(=O)(=O)N(C)CC(=O)Nc2cccc(-c3nc(C)cc(=O)[nH]3)c2)cc1OC. The molecule has 33 heavy (non-hydrogen) atoms. The van der Waals surface area contributed by atoms with Crippen LogP contribution in [0, 0.1) is 6.92 Å². The largest absolute Gasteiger partial charge is 0.493 e. The average molecular weight is 473 g/mol. The summed E-state index contributed by atoms with van der Waals surface area (Å²) in [6.07, 6.45) is 0. The zero-order valence-corrected chi connectivity index (χ0v) is 19.4. The Bertz CT molecular complexity index is 1340. The van der Waals surface area contributed by atoms with E-state index in [2.05, 4.69) is 15.3 Å². The van der Waals surface area contributed by atoms with E-state index in [1.807, 2.05) is 0 Å². The van der Waals surface area contributed by atoms with E-state index in [1.165, 1.54) is 45.5 Å². The number of carbonyl (C=O) groups excluding carboxylic acids is 1. The average Bonchev–Trinajstić information content (AvgIpc) is 2.77. The number of methoxy groups -OCH3 is 2. The molecule has 3 rings (SSSR count). The summed E-state index contributed by atoms with van der Waals surface area (Å²) in [7, 11) is 0.204. The maximum Gasteiger partial charge on any atom is 0.251 e. The lowest BCUT2D eigenvalue weighted by molar-refractivity contribution is -0.116. The summed E-state index contributed by atoms with van der Waals surface area (Å²) in [6.45, 7) is 1.29. The third-order valence-electron chi connectivity index (χ3n) is 4.72. The molecular formula is C22H24N4O6S. The Morgan fingerprint density at radius 1 is 1.09 bits per heavy atom. The van der Waals surface area contributed by atoms with Crippen molar-refractivity contribution in [3.8, 4) is 22.9 Å². The van der Waals surface area contributed by atoms with Crippen LogP contribution in [0.5, 0.6) is 11.5 Å². The molecule has 0 saturated carbocycles. The molecule has 0 fully saturated rings. The minimum Gasteiger partial charge on any atom is -0.493 e. The van der Waals surface area contributed by atoms with Gasteiger partial charge in [0.05, 0.1) is 25.7 Å². The van der Waals surface area contributed by atoms with Gasteiger partial charge < -0.3 is 19.8 Å². The number of likely N-dealkylation sites (N-methyl/N-ethyl adjacent to an activating group) is 1. The Balaban J connectivity index is 1.75. The second-order valence-corrected chi connectivity index (χ2v) is 9.19. The molecule has 0 radical (unpaired) electrons. The van der Waals surface area contributed by atoms with E-state index in [0.717, 1.165) is 4.31 Å². The number of benzene rings is 2. The van der Waals surface area contributed by atoms with Crippen LogP contribution in [0.3, 0.4) is 0 Å². The number of sulfonamides is 1. The fraction of sp³-hybridized carbons (Fsp3) is 0.227. The van der Waals surface area contributed by atoms with Crippen LogP contribution in [0.25, 0.3) is 11.4 Å². The van der Waals surface area contributed by atoms with E-state index >= 15 is 0 Å². The summed E-state index contributed by atoms with van der Waals surface area (Å²) in [6, 6.07) is 12.3. The number of aromatic nitrogens is 2. The van der Waals surface area contributed by atoms with Crippen molar-refractivity contribution < 1.29 is 22.7 Å². The van der Waals surface area contributed by atoms with Gasteiger partial charge >= 0.3 is 0 Å². The van der Waals surface area contributed by atoms with Crippen LogP contribution in [0.2, 0.25) is 0 Å². The van der Waals surface area contributed by atoms with Gasteiger partial charge in [0.2, 0.25) is 15.9 Å². The smallest absolute Gasteiger partial charge is 0.251 e. The first kappa shape index (κ1) is 24.0.